The predicted molar refractivity (Wildman–Crippen MR) is 133 cm³/mol. The zero-order valence-corrected chi connectivity index (χ0v) is 21.7. The molecule has 0 spiro atoms. The third-order valence-electron chi connectivity index (χ3n) is 7.16. The molecule has 1 aliphatic rings. The van der Waals surface area contributed by atoms with Crippen LogP contribution in [-0.4, -0.2) is 28.9 Å². The summed E-state index contributed by atoms with van der Waals surface area (Å²) >= 11 is 0. The highest BCUT2D eigenvalue weighted by molar-refractivity contribution is 5.89. The van der Waals surface area contributed by atoms with Crippen LogP contribution in [0.1, 0.15) is 112 Å². The van der Waals surface area contributed by atoms with Crippen molar-refractivity contribution in [1.29, 1.82) is 0 Å². The molecule has 0 bridgehead atoms. The molecule has 1 rings (SSSR count). The van der Waals surface area contributed by atoms with Gasteiger partial charge in [0.2, 0.25) is 0 Å². The van der Waals surface area contributed by atoms with Crippen molar-refractivity contribution in [1.82, 2.24) is 0 Å². The van der Waals surface area contributed by atoms with E-state index in [9.17, 15) is 19.5 Å². The number of hydrogen-bond donors (Lipinski definition) is 1. The van der Waals surface area contributed by atoms with Crippen LogP contribution in [0.2, 0.25) is 0 Å². The minimum atomic E-state index is -0.860. The molecule has 1 aliphatic carbocycles. The maximum absolute atomic E-state index is 13.1. The summed E-state index contributed by atoms with van der Waals surface area (Å²) in [6.07, 6.45) is 14.1. The Bertz CT molecular complexity index is 624. The Hall–Kier alpha value is -1.65. The average molecular weight is 465 g/mol. The van der Waals surface area contributed by atoms with Crippen LogP contribution >= 0.6 is 0 Å². The molecular weight excluding hydrogens is 416 g/mol. The van der Waals surface area contributed by atoms with Crippen molar-refractivity contribution in [2.24, 2.45) is 29.6 Å². The number of carbonyl (C=O) groups excluding carboxylic acids is 2. The van der Waals surface area contributed by atoms with Crippen molar-refractivity contribution in [2.75, 3.05) is 0 Å². The minimum absolute atomic E-state index is 0.0799. The van der Waals surface area contributed by atoms with E-state index >= 15 is 0 Å². The monoisotopic (exact) mass is 464 g/mol. The van der Waals surface area contributed by atoms with Crippen LogP contribution in [0, 0.1) is 29.6 Å². The molecule has 1 N–H and O–H groups in total. The van der Waals surface area contributed by atoms with Gasteiger partial charge in [-0.2, -0.15) is 0 Å². The Kier molecular flexibility index (Phi) is 14.3. The number of carbonyl (C=O) groups is 3. The summed E-state index contributed by atoms with van der Waals surface area (Å²) < 4.78 is 5.67. The standard InChI is InChI=1S/C28H48O5/c1-6-9-11-13-15-21(33-26(30)8-3)17-18-22-24(20(4)5)19-25(29)27(22)23(28(31)32)16-14-12-10-7-2/h17-18,20-24,27H,6-16,19H2,1-5H3,(H,31,32). The van der Waals surface area contributed by atoms with E-state index in [-0.39, 0.29) is 35.6 Å². The minimum Gasteiger partial charge on any atom is -0.481 e. The number of ether oxygens (including phenoxy) is 1. The van der Waals surface area contributed by atoms with Gasteiger partial charge in [-0.3, -0.25) is 14.4 Å². The van der Waals surface area contributed by atoms with Gasteiger partial charge in [-0.1, -0.05) is 85.6 Å². The second-order valence-electron chi connectivity index (χ2n) is 10.1. The van der Waals surface area contributed by atoms with Gasteiger partial charge in [-0.15, -0.1) is 0 Å². The van der Waals surface area contributed by atoms with Gasteiger partial charge in [0.15, 0.2) is 0 Å². The first kappa shape index (κ1) is 29.4. The fraction of sp³-hybridized carbons (Fsp3) is 0.821. The van der Waals surface area contributed by atoms with Crippen molar-refractivity contribution >= 4 is 17.7 Å². The smallest absolute Gasteiger partial charge is 0.307 e. The maximum atomic E-state index is 13.1. The van der Waals surface area contributed by atoms with E-state index in [0.717, 1.165) is 57.8 Å². The number of aliphatic carboxylic acids is 1. The number of hydrogen-bond acceptors (Lipinski definition) is 4. The predicted octanol–water partition coefficient (Wildman–Crippen LogP) is 6.98. The van der Waals surface area contributed by atoms with Crippen molar-refractivity contribution in [3.8, 4) is 0 Å². The zero-order valence-electron chi connectivity index (χ0n) is 21.7. The van der Waals surface area contributed by atoms with Crippen LogP contribution in [0.3, 0.4) is 0 Å². The molecule has 0 radical (unpaired) electrons. The summed E-state index contributed by atoms with van der Waals surface area (Å²) in [4.78, 5) is 37.2. The number of esters is 1. The molecular formula is C28H48O5. The van der Waals surface area contributed by atoms with E-state index < -0.39 is 17.8 Å². The summed E-state index contributed by atoms with van der Waals surface area (Å²) in [5.74, 6) is -1.85. The Labute approximate surface area is 201 Å². The van der Waals surface area contributed by atoms with Crippen LogP contribution in [-0.2, 0) is 19.1 Å². The zero-order chi connectivity index (χ0) is 24.8. The van der Waals surface area contributed by atoms with Gasteiger partial charge >= 0.3 is 11.9 Å². The molecule has 5 heteroatoms. The summed E-state index contributed by atoms with van der Waals surface area (Å²) in [6.45, 7) is 10.3. The van der Waals surface area contributed by atoms with E-state index in [1.807, 2.05) is 12.2 Å². The maximum Gasteiger partial charge on any atom is 0.307 e. The van der Waals surface area contributed by atoms with Crippen LogP contribution < -0.4 is 0 Å². The number of allylic oxidation sites excluding steroid dienone is 1. The van der Waals surface area contributed by atoms with Crippen molar-refractivity contribution < 1.29 is 24.2 Å². The molecule has 0 aliphatic heterocycles. The molecule has 1 saturated carbocycles. The Morgan fingerprint density at radius 1 is 1.00 bits per heavy atom. The Balaban J connectivity index is 3.08. The molecule has 0 aromatic rings. The fourth-order valence-electron chi connectivity index (χ4n) is 5.14. The van der Waals surface area contributed by atoms with Gasteiger partial charge in [0.25, 0.3) is 0 Å². The van der Waals surface area contributed by atoms with E-state index in [4.69, 9.17) is 4.74 Å². The lowest BCUT2D eigenvalue weighted by molar-refractivity contribution is -0.147. The number of rotatable bonds is 17. The Morgan fingerprint density at radius 2 is 1.61 bits per heavy atom. The molecule has 190 valence electrons. The van der Waals surface area contributed by atoms with Gasteiger partial charge in [0.05, 0.1) is 5.92 Å². The molecule has 0 aromatic heterocycles. The van der Waals surface area contributed by atoms with Gasteiger partial charge in [0, 0.05) is 18.8 Å². The third kappa shape index (κ3) is 10.0. The second kappa shape index (κ2) is 16.1. The van der Waals surface area contributed by atoms with Crippen molar-refractivity contribution in [2.45, 2.75) is 118 Å². The molecule has 0 saturated heterocycles. The SMILES string of the molecule is CCCCCCC(C=CC1C(C(C)C)CC(=O)C1C(CCCCCC)C(=O)O)OC(=O)CC. The highest BCUT2D eigenvalue weighted by Gasteiger charge is 2.47. The number of carboxylic acid groups (broad SMARTS) is 1. The molecule has 0 aromatic carbocycles. The topological polar surface area (TPSA) is 80.7 Å². The van der Waals surface area contributed by atoms with E-state index in [1.165, 1.54) is 0 Å². The summed E-state index contributed by atoms with van der Waals surface area (Å²) in [7, 11) is 0. The highest BCUT2D eigenvalue weighted by atomic mass is 16.5. The average Bonchev–Trinajstić information content (AvgIpc) is 3.10. The van der Waals surface area contributed by atoms with Crippen LogP contribution in [0.25, 0.3) is 0 Å². The highest BCUT2D eigenvalue weighted by Crippen LogP contribution is 2.45. The lowest BCUT2D eigenvalue weighted by Crippen LogP contribution is -2.32. The first-order valence-corrected chi connectivity index (χ1v) is 13.4. The van der Waals surface area contributed by atoms with Crippen LogP contribution in [0.4, 0.5) is 0 Å². The summed E-state index contributed by atoms with van der Waals surface area (Å²) in [5.41, 5.74) is 0. The summed E-state index contributed by atoms with van der Waals surface area (Å²) in [5, 5.41) is 10.00. The van der Waals surface area contributed by atoms with Gasteiger partial charge in [0.1, 0.15) is 11.9 Å². The van der Waals surface area contributed by atoms with Crippen molar-refractivity contribution in [3.63, 3.8) is 0 Å². The quantitative estimate of drug-likeness (QED) is 0.143. The van der Waals surface area contributed by atoms with Crippen molar-refractivity contribution in [3.05, 3.63) is 12.2 Å². The number of ketones is 1. The second-order valence-corrected chi connectivity index (χ2v) is 10.1. The van der Waals surface area contributed by atoms with Gasteiger partial charge in [-0.25, -0.2) is 0 Å². The lowest BCUT2D eigenvalue weighted by atomic mass is 9.75. The van der Waals surface area contributed by atoms with E-state index in [2.05, 4.69) is 27.7 Å². The molecule has 1 fully saturated rings. The fourth-order valence-corrected chi connectivity index (χ4v) is 5.14. The van der Waals surface area contributed by atoms with E-state index in [1.54, 1.807) is 6.92 Å². The largest absolute Gasteiger partial charge is 0.481 e. The van der Waals surface area contributed by atoms with Crippen LogP contribution in [0.5, 0.6) is 0 Å². The van der Waals surface area contributed by atoms with Crippen LogP contribution in [0.15, 0.2) is 12.2 Å². The molecule has 5 atom stereocenters. The van der Waals surface area contributed by atoms with Gasteiger partial charge in [-0.05, 0) is 43.1 Å². The lowest BCUT2D eigenvalue weighted by Gasteiger charge is -2.28. The normalized spacial score (nSPS) is 22.7. The third-order valence-corrected chi connectivity index (χ3v) is 7.16. The Morgan fingerprint density at radius 3 is 2.12 bits per heavy atom. The number of carboxylic acids is 1. The van der Waals surface area contributed by atoms with Gasteiger partial charge < -0.3 is 9.84 Å². The molecule has 0 heterocycles. The summed E-state index contributed by atoms with van der Waals surface area (Å²) in [6, 6.07) is 0. The molecule has 33 heavy (non-hydrogen) atoms. The van der Waals surface area contributed by atoms with E-state index in [0.29, 0.717) is 19.3 Å². The first-order chi connectivity index (χ1) is 15.8. The molecule has 5 nitrogen and oxygen atoms in total. The number of unbranched alkanes of at least 4 members (excludes halogenated alkanes) is 6. The number of Topliss-reactive ketones (excluding diaryl/α,β-unsaturated/α-hetero) is 1. The molecule has 0 amide bonds. The first-order valence-electron chi connectivity index (χ1n) is 13.4. The molecule has 5 unspecified atom stereocenters.